The minimum absolute atomic E-state index is 0.297. The van der Waals surface area contributed by atoms with Crippen LogP contribution < -0.4 is 11.1 Å². The predicted molar refractivity (Wildman–Crippen MR) is 82.6 cm³/mol. The average Bonchev–Trinajstić information content (AvgIpc) is 2.67. The van der Waals surface area contributed by atoms with Crippen molar-refractivity contribution >= 4 is 52.6 Å². The molecule has 0 aliphatic rings. The first-order valence-corrected chi connectivity index (χ1v) is 7.19. The van der Waals surface area contributed by atoms with E-state index in [0.29, 0.717) is 31.9 Å². The summed E-state index contributed by atoms with van der Waals surface area (Å²) in [6.07, 6.45) is 0. The van der Waals surface area contributed by atoms with E-state index in [-0.39, 0.29) is 5.91 Å². The molecular formula is C12H12ClN3OS2. The van der Waals surface area contributed by atoms with Crippen molar-refractivity contribution in [3.8, 4) is 0 Å². The molecule has 0 atom stereocenters. The number of aromatic nitrogens is 1. The lowest BCUT2D eigenvalue weighted by atomic mass is 10.3. The number of rotatable bonds is 3. The molecule has 100 valence electrons. The maximum atomic E-state index is 12.2. The van der Waals surface area contributed by atoms with Crippen LogP contribution in [-0.4, -0.2) is 10.5 Å². The summed E-state index contributed by atoms with van der Waals surface area (Å²) >= 11 is 12.4. The van der Waals surface area contributed by atoms with Crippen LogP contribution in [-0.2, 0) is 6.54 Å². The number of hydrogen-bond acceptors (Lipinski definition) is 4. The monoisotopic (exact) mass is 313 g/mol. The van der Waals surface area contributed by atoms with E-state index < -0.39 is 0 Å². The third-order valence-corrected chi connectivity index (χ3v) is 4.37. The number of benzene rings is 1. The van der Waals surface area contributed by atoms with E-state index in [1.54, 1.807) is 28.8 Å². The summed E-state index contributed by atoms with van der Waals surface area (Å²) in [5, 5.41) is 3.21. The lowest BCUT2D eigenvalue weighted by molar-refractivity contribution is 0.103. The molecule has 0 fully saturated rings. The topological polar surface area (TPSA) is 60.0 Å². The molecule has 3 N–H and O–H groups in total. The number of hydrogen-bond donors (Lipinski definition) is 2. The highest BCUT2D eigenvalue weighted by Gasteiger charge is 2.17. The van der Waals surface area contributed by atoms with Crippen LogP contribution in [0.15, 0.2) is 24.3 Å². The second kappa shape index (κ2) is 5.73. The smallest absolute Gasteiger partial charge is 0.269 e. The van der Waals surface area contributed by atoms with Crippen LogP contribution in [0.5, 0.6) is 0 Å². The van der Waals surface area contributed by atoms with Gasteiger partial charge in [0.2, 0.25) is 0 Å². The highest BCUT2D eigenvalue weighted by Crippen LogP contribution is 2.25. The second-order valence-electron chi connectivity index (χ2n) is 3.76. The quantitative estimate of drug-likeness (QED) is 0.848. The normalized spacial score (nSPS) is 10.4. The fourth-order valence-corrected chi connectivity index (χ4v) is 3.15. The summed E-state index contributed by atoms with van der Waals surface area (Å²) in [4.78, 5) is 12.6. The van der Waals surface area contributed by atoms with Crippen molar-refractivity contribution in [3.05, 3.63) is 38.1 Å². The van der Waals surface area contributed by atoms with Crippen LogP contribution >= 0.6 is 35.2 Å². The van der Waals surface area contributed by atoms with E-state index >= 15 is 0 Å². The molecule has 0 aliphatic carbocycles. The van der Waals surface area contributed by atoms with E-state index in [2.05, 4.69) is 5.32 Å². The maximum Gasteiger partial charge on any atom is 0.269 e. The number of halogens is 1. The molecule has 0 aliphatic heterocycles. The number of nitrogens with zero attached hydrogens (tertiary/aromatic N) is 1. The molecule has 0 unspecified atom stereocenters. The number of anilines is 2. The molecule has 1 aromatic carbocycles. The van der Waals surface area contributed by atoms with Crippen molar-refractivity contribution in [2.45, 2.75) is 13.5 Å². The minimum atomic E-state index is -0.297. The molecule has 19 heavy (non-hydrogen) atoms. The van der Waals surface area contributed by atoms with Gasteiger partial charge in [0.1, 0.15) is 10.7 Å². The number of nitrogen functional groups attached to an aromatic ring is 1. The molecule has 1 aromatic heterocycles. The Labute approximate surface area is 124 Å². The van der Waals surface area contributed by atoms with Gasteiger partial charge >= 0.3 is 0 Å². The molecule has 0 saturated heterocycles. The first-order chi connectivity index (χ1) is 9.04. The minimum Gasteiger partial charge on any atom is -0.384 e. The van der Waals surface area contributed by atoms with E-state index in [9.17, 15) is 4.79 Å². The predicted octanol–water partition coefficient (Wildman–Crippen LogP) is 3.79. The van der Waals surface area contributed by atoms with Gasteiger partial charge in [-0.2, -0.15) is 0 Å². The molecule has 2 rings (SSSR count). The number of amides is 1. The number of para-hydroxylation sites is 1. The Kier molecular flexibility index (Phi) is 4.24. The molecular weight excluding hydrogens is 302 g/mol. The first-order valence-electron chi connectivity index (χ1n) is 5.59. The van der Waals surface area contributed by atoms with Crippen LogP contribution in [0.2, 0.25) is 5.02 Å². The fraction of sp³-hybridized carbons (Fsp3) is 0.167. The molecule has 7 heteroatoms. The lowest BCUT2D eigenvalue weighted by Crippen LogP contribution is -2.13. The van der Waals surface area contributed by atoms with Crippen LogP contribution in [0.25, 0.3) is 0 Å². The molecule has 0 spiro atoms. The number of carbonyl (C=O) groups excluding carboxylic acids is 1. The van der Waals surface area contributed by atoms with E-state index in [4.69, 9.17) is 29.6 Å². The van der Waals surface area contributed by atoms with E-state index in [1.165, 1.54) is 11.3 Å². The molecule has 0 saturated carbocycles. The van der Waals surface area contributed by atoms with Crippen molar-refractivity contribution < 1.29 is 4.79 Å². The van der Waals surface area contributed by atoms with Gasteiger partial charge in [-0.3, -0.25) is 4.79 Å². The second-order valence-corrected chi connectivity index (χ2v) is 5.81. The summed E-state index contributed by atoms with van der Waals surface area (Å²) in [7, 11) is 0. The molecule has 4 nitrogen and oxygen atoms in total. The van der Waals surface area contributed by atoms with E-state index in [0.717, 1.165) is 0 Å². The van der Waals surface area contributed by atoms with Gasteiger partial charge in [0.25, 0.3) is 5.91 Å². The van der Waals surface area contributed by atoms with Crippen molar-refractivity contribution in [3.63, 3.8) is 0 Å². The fourth-order valence-electron chi connectivity index (χ4n) is 1.62. The van der Waals surface area contributed by atoms with Gasteiger partial charge in [-0.05, 0) is 31.3 Å². The van der Waals surface area contributed by atoms with Gasteiger partial charge in [-0.25, -0.2) is 0 Å². The largest absolute Gasteiger partial charge is 0.384 e. The van der Waals surface area contributed by atoms with Crippen molar-refractivity contribution in [2.75, 3.05) is 11.1 Å². The molecule has 2 aromatic rings. The zero-order valence-corrected chi connectivity index (χ0v) is 12.5. The van der Waals surface area contributed by atoms with Gasteiger partial charge in [-0.15, -0.1) is 0 Å². The maximum absolute atomic E-state index is 12.2. The molecule has 0 radical (unpaired) electrons. The summed E-state index contributed by atoms with van der Waals surface area (Å²) in [6.45, 7) is 2.56. The zero-order chi connectivity index (χ0) is 14.0. The molecule has 1 amide bonds. The average molecular weight is 314 g/mol. The Morgan fingerprint density at radius 2 is 2.21 bits per heavy atom. The highest BCUT2D eigenvalue weighted by atomic mass is 35.5. The Morgan fingerprint density at radius 3 is 2.79 bits per heavy atom. The number of thiazole rings is 1. The van der Waals surface area contributed by atoms with Crippen molar-refractivity contribution in [1.82, 2.24) is 4.57 Å². The molecule has 0 bridgehead atoms. The molecule has 1 heterocycles. The Bertz CT molecular complexity index is 678. The first kappa shape index (κ1) is 14.0. The standard InChI is InChI=1S/C12H12ClN3OS2/c1-2-16-10(14)9(19-12(16)18)11(17)15-8-6-4-3-5-7(8)13/h3-6H,2,14H2,1H3,(H,15,17). The number of nitrogens with two attached hydrogens (primary N) is 1. The van der Waals surface area contributed by atoms with Gasteiger partial charge in [0.05, 0.1) is 10.7 Å². The van der Waals surface area contributed by atoms with Crippen LogP contribution in [0.1, 0.15) is 16.6 Å². The summed E-state index contributed by atoms with van der Waals surface area (Å²) in [5.74, 6) is 0.0935. The summed E-state index contributed by atoms with van der Waals surface area (Å²) in [6, 6.07) is 7.03. The SMILES string of the molecule is CCn1c(N)c(C(=O)Nc2ccccc2Cl)sc1=S. The number of nitrogens with one attached hydrogen (secondary N) is 1. The lowest BCUT2D eigenvalue weighted by Gasteiger charge is -2.06. The van der Waals surface area contributed by atoms with Crippen molar-refractivity contribution in [1.29, 1.82) is 0 Å². The van der Waals surface area contributed by atoms with Crippen LogP contribution in [0.4, 0.5) is 11.5 Å². The summed E-state index contributed by atoms with van der Waals surface area (Å²) in [5.41, 5.74) is 6.47. The van der Waals surface area contributed by atoms with Crippen molar-refractivity contribution in [2.24, 2.45) is 0 Å². The van der Waals surface area contributed by atoms with Gasteiger partial charge < -0.3 is 15.6 Å². The van der Waals surface area contributed by atoms with Gasteiger partial charge in [0, 0.05) is 6.54 Å². The zero-order valence-electron chi connectivity index (χ0n) is 10.1. The Balaban J connectivity index is 2.31. The Hall–Kier alpha value is -1.37. The highest BCUT2D eigenvalue weighted by molar-refractivity contribution is 7.73. The van der Waals surface area contributed by atoms with Crippen LogP contribution in [0.3, 0.4) is 0 Å². The Morgan fingerprint density at radius 1 is 1.53 bits per heavy atom. The third kappa shape index (κ3) is 2.80. The van der Waals surface area contributed by atoms with Gasteiger partial charge in [0.15, 0.2) is 3.95 Å². The third-order valence-electron chi connectivity index (χ3n) is 2.58. The number of carbonyl (C=O) groups is 1. The van der Waals surface area contributed by atoms with Gasteiger partial charge in [-0.1, -0.05) is 35.1 Å². The van der Waals surface area contributed by atoms with Crippen LogP contribution in [0, 0.1) is 3.95 Å². The summed E-state index contributed by atoms with van der Waals surface area (Å²) < 4.78 is 2.31. The van der Waals surface area contributed by atoms with E-state index in [1.807, 2.05) is 6.92 Å².